The van der Waals surface area contributed by atoms with Gasteiger partial charge in [-0.1, -0.05) is 12.1 Å². The maximum Gasteiger partial charge on any atom is 0.307 e. The van der Waals surface area contributed by atoms with Gasteiger partial charge in [-0.15, -0.1) is 0 Å². The van der Waals surface area contributed by atoms with Gasteiger partial charge in [0.25, 0.3) is 0 Å². The number of carbonyl (C=O) groups excluding carboxylic acids is 1. The number of benzene rings is 1. The number of hydrogen-bond donors (Lipinski definition) is 2. The van der Waals surface area contributed by atoms with E-state index in [-0.39, 0.29) is 17.9 Å². The van der Waals surface area contributed by atoms with Crippen molar-refractivity contribution in [1.82, 2.24) is 5.32 Å². The van der Waals surface area contributed by atoms with E-state index in [0.29, 0.717) is 19.4 Å². The number of carbonyl (C=O) groups is 2. The normalized spacial score (nSPS) is 25.6. The lowest BCUT2D eigenvalue weighted by Crippen LogP contribution is -2.31. The molecule has 0 aliphatic carbocycles. The summed E-state index contributed by atoms with van der Waals surface area (Å²) in [6.07, 6.45) is 1.95. The van der Waals surface area contributed by atoms with Gasteiger partial charge in [0.15, 0.2) is 0 Å². The Morgan fingerprint density at radius 2 is 2.20 bits per heavy atom. The van der Waals surface area contributed by atoms with Gasteiger partial charge in [-0.25, -0.2) is 0 Å². The van der Waals surface area contributed by atoms with E-state index in [4.69, 9.17) is 5.11 Å². The molecule has 2 atom stereocenters. The summed E-state index contributed by atoms with van der Waals surface area (Å²) in [4.78, 5) is 24.5. The molecule has 106 valence electrons. The molecule has 0 spiro atoms. The molecule has 1 fully saturated rings. The SMILES string of the molecule is CN1C(=O)CCc2ccc(C3CC(C(=O)O)CN3)cc21. The molecule has 0 saturated carbocycles. The molecule has 0 radical (unpaired) electrons. The molecular weight excluding hydrogens is 256 g/mol. The zero-order valence-corrected chi connectivity index (χ0v) is 11.4. The predicted molar refractivity (Wildman–Crippen MR) is 74.7 cm³/mol. The number of aliphatic carboxylic acids is 1. The Bertz CT molecular complexity index is 570. The molecule has 2 aliphatic rings. The Morgan fingerprint density at radius 1 is 1.40 bits per heavy atom. The van der Waals surface area contributed by atoms with Gasteiger partial charge < -0.3 is 15.3 Å². The molecule has 3 rings (SSSR count). The highest BCUT2D eigenvalue weighted by atomic mass is 16.4. The Morgan fingerprint density at radius 3 is 2.90 bits per heavy atom. The summed E-state index contributed by atoms with van der Waals surface area (Å²) in [6.45, 7) is 0.506. The highest BCUT2D eigenvalue weighted by molar-refractivity contribution is 5.96. The maximum absolute atomic E-state index is 11.8. The van der Waals surface area contributed by atoms with Crippen LogP contribution in [0.4, 0.5) is 5.69 Å². The van der Waals surface area contributed by atoms with E-state index in [2.05, 4.69) is 11.4 Å². The van der Waals surface area contributed by atoms with Gasteiger partial charge in [0.05, 0.1) is 5.92 Å². The fourth-order valence-electron chi connectivity index (χ4n) is 3.04. The third-order valence-electron chi connectivity index (χ3n) is 4.34. The highest BCUT2D eigenvalue weighted by Gasteiger charge is 2.31. The third-order valence-corrected chi connectivity index (χ3v) is 4.34. The van der Waals surface area contributed by atoms with Crippen LogP contribution in [-0.4, -0.2) is 30.6 Å². The Kier molecular flexibility index (Phi) is 3.22. The van der Waals surface area contributed by atoms with Gasteiger partial charge in [-0.3, -0.25) is 9.59 Å². The average molecular weight is 274 g/mol. The minimum absolute atomic E-state index is 0.0619. The first-order chi connectivity index (χ1) is 9.56. The maximum atomic E-state index is 11.8. The second-order valence-electron chi connectivity index (χ2n) is 5.57. The van der Waals surface area contributed by atoms with Crippen molar-refractivity contribution >= 4 is 17.6 Å². The minimum atomic E-state index is -0.745. The number of nitrogens with one attached hydrogen (secondary N) is 1. The van der Waals surface area contributed by atoms with Gasteiger partial charge in [-0.05, 0) is 30.0 Å². The molecule has 2 aliphatic heterocycles. The van der Waals surface area contributed by atoms with Crippen LogP contribution in [0.3, 0.4) is 0 Å². The fraction of sp³-hybridized carbons (Fsp3) is 0.467. The lowest BCUT2D eigenvalue weighted by atomic mass is 9.95. The van der Waals surface area contributed by atoms with E-state index in [9.17, 15) is 9.59 Å². The lowest BCUT2D eigenvalue weighted by molar-refractivity contribution is -0.141. The van der Waals surface area contributed by atoms with Crippen LogP contribution in [0.25, 0.3) is 0 Å². The van der Waals surface area contributed by atoms with Crippen LogP contribution >= 0.6 is 0 Å². The zero-order chi connectivity index (χ0) is 14.3. The summed E-state index contributed by atoms with van der Waals surface area (Å²) in [6, 6.07) is 6.19. The summed E-state index contributed by atoms with van der Waals surface area (Å²) in [5, 5.41) is 12.3. The quantitative estimate of drug-likeness (QED) is 0.853. The summed E-state index contributed by atoms with van der Waals surface area (Å²) >= 11 is 0. The highest BCUT2D eigenvalue weighted by Crippen LogP contribution is 2.33. The van der Waals surface area contributed by atoms with Crippen molar-refractivity contribution in [3.05, 3.63) is 29.3 Å². The number of carboxylic acids is 1. The van der Waals surface area contributed by atoms with Crippen molar-refractivity contribution in [2.24, 2.45) is 5.92 Å². The molecule has 5 heteroatoms. The number of anilines is 1. The largest absolute Gasteiger partial charge is 0.481 e. The molecule has 20 heavy (non-hydrogen) atoms. The molecule has 1 aromatic rings. The summed E-state index contributed by atoms with van der Waals surface area (Å²) < 4.78 is 0. The van der Waals surface area contributed by atoms with Gasteiger partial charge in [0.1, 0.15) is 0 Å². The number of fused-ring (bicyclic) bond motifs is 1. The smallest absolute Gasteiger partial charge is 0.307 e. The van der Waals surface area contributed by atoms with Crippen molar-refractivity contribution in [1.29, 1.82) is 0 Å². The first-order valence-electron chi connectivity index (χ1n) is 6.92. The van der Waals surface area contributed by atoms with Crippen LogP contribution in [0.1, 0.15) is 30.0 Å². The van der Waals surface area contributed by atoms with Crippen molar-refractivity contribution in [3.63, 3.8) is 0 Å². The second-order valence-corrected chi connectivity index (χ2v) is 5.57. The summed E-state index contributed by atoms with van der Waals surface area (Å²) in [7, 11) is 1.80. The zero-order valence-electron chi connectivity index (χ0n) is 11.4. The number of aryl methyl sites for hydroxylation is 1. The molecular formula is C15H18N2O3. The van der Waals surface area contributed by atoms with Crippen molar-refractivity contribution in [2.75, 3.05) is 18.5 Å². The lowest BCUT2D eigenvalue weighted by Gasteiger charge is -2.27. The number of hydrogen-bond acceptors (Lipinski definition) is 3. The van der Waals surface area contributed by atoms with Crippen LogP contribution in [0, 0.1) is 5.92 Å². The molecule has 0 bridgehead atoms. The summed E-state index contributed by atoms with van der Waals surface area (Å²) in [5.74, 6) is -0.932. The molecule has 2 N–H and O–H groups in total. The number of rotatable bonds is 2. The first-order valence-corrected chi connectivity index (χ1v) is 6.92. The van der Waals surface area contributed by atoms with E-state index in [0.717, 1.165) is 17.7 Å². The Balaban J connectivity index is 1.86. The molecule has 2 heterocycles. The molecule has 2 unspecified atom stereocenters. The predicted octanol–water partition coefficient (Wildman–Crippen LogP) is 1.33. The van der Waals surface area contributed by atoms with Crippen LogP contribution in [0.2, 0.25) is 0 Å². The standard InChI is InChI=1S/C15H18N2O3/c1-17-13-7-10(3-2-9(13)4-5-14(17)18)12-6-11(8-16-12)15(19)20/h2-3,7,11-12,16H,4-6,8H2,1H3,(H,19,20). The molecule has 1 saturated heterocycles. The van der Waals surface area contributed by atoms with Gasteiger partial charge in [0.2, 0.25) is 5.91 Å². The van der Waals surface area contributed by atoms with Crippen molar-refractivity contribution in [3.8, 4) is 0 Å². The topological polar surface area (TPSA) is 69.6 Å². The van der Waals surface area contributed by atoms with Crippen LogP contribution in [0.5, 0.6) is 0 Å². The third kappa shape index (κ3) is 2.18. The van der Waals surface area contributed by atoms with Crippen molar-refractivity contribution < 1.29 is 14.7 Å². The number of amides is 1. The van der Waals surface area contributed by atoms with E-state index in [1.54, 1.807) is 11.9 Å². The minimum Gasteiger partial charge on any atom is -0.481 e. The van der Waals surface area contributed by atoms with E-state index in [1.807, 2.05) is 12.1 Å². The molecule has 0 aromatic heterocycles. The number of nitrogens with zero attached hydrogens (tertiary/aromatic N) is 1. The Labute approximate surface area is 117 Å². The van der Waals surface area contributed by atoms with Crippen LogP contribution in [-0.2, 0) is 16.0 Å². The van der Waals surface area contributed by atoms with Crippen molar-refractivity contribution in [2.45, 2.75) is 25.3 Å². The van der Waals surface area contributed by atoms with E-state index < -0.39 is 5.97 Å². The van der Waals surface area contributed by atoms with Crippen LogP contribution < -0.4 is 10.2 Å². The van der Waals surface area contributed by atoms with Gasteiger partial charge >= 0.3 is 5.97 Å². The molecule has 1 amide bonds. The number of carboxylic acid groups (broad SMARTS) is 1. The summed E-state index contributed by atoms with van der Waals surface area (Å²) in [5.41, 5.74) is 3.21. The van der Waals surface area contributed by atoms with Crippen LogP contribution in [0.15, 0.2) is 18.2 Å². The Hall–Kier alpha value is -1.88. The average Bonchev–Trinajstić information content (AvgIpc) is 2.93. The van der Waals surface area contributed by atoms with Gasteiger partial charge in [-0.2, -0.15) is 0 Å². The van der Waals surface area contributed by atoms with E-state index in [1.165, 1.54) is 5.56 Å². The fourth-order valence-corrected chi connectivity index (χ4v) is 3.04. The second kappa shape index (κ2) is 4.90. The van der Waals surface area contributed by atoms with Gasteiger partial charge in [0, 0.05) is 31.7 Å². The first kappa shape index (κ1) is 13.1. The van der Waals surface area contributed by atoms with E-state index >= 15 is 0 Å². The molecule has 5 nitrogen and oxygen atoms in total. The monoisotopic (exact) mass is 274 g/mol. The molecule has 1 aromatic carbocycles.